The Labute approximate surface area is 225 Å². The van der Waals surface area contributed by atoms with Gasteiger partial charge in [-0.3, -0.25) is 9.59 Å². The Morgan fingerprint density at radius 2 is 1.55 bits per heavy atom. The molecular weight excluding hydrogens is 502 g/mol. The van der Waals surface area contributed by atoms with Crippen LogP contribution in [0.3, 0.4) is 0 Å². The topological polar surface area (TPSA) is 96.0 Å². The third-order valence-electron chi connectivity index (χ3n) is 6.32. The maximum Gasteiger partial charge on any atom is 0.242 e. The Morgan fingerprint density at radius 3 is 2.18 bits per heavy atom. The van der Waals surface area contributed by atoms with Crippen molar-refractivity contribution < 1.29 is 22.7 Å². The van der Waals surface area contributed by atoms with Gasteiger partial charge in [0.15, 0.2) is 0 Å². The Hall–Kier alpha value is -3.69. The van der Waals surface area contributed by atoms with Crippen LogP contribution in [-0.2, 0) is 32.6 Å². The predicted octanol–water partition coefficient (Wildman–Crippen LogP) is 3.48. The highest BCUT2D eigenvalue weighted by Crippen LogP contribution is 2.20. The van der Waals surface area contributed by atoms with Crippen molar-refractivity contribution in [2.24, 2.45) is 0 Å². The summed E-state index contributed by atoms with van der Waals surface area (Å²) in [7, 11) is 0.974. The van der Waals surface area contributed by atoms with Crippen LogP contribution < -0.4 is 10.1 Å². The van der Waals surface area contributed by atoms with Crippen LogP contribution in [0.15, 0.2) is 89.8 Å². The fourth-order valence-electron chi connectivity index (χ4n) is 4.18. The predicted molar refractivity (Wildman–Crippen MR) is 147 cm³/mol. The van der Waals surface area contributed by atoms with Crippen molar-refractivity contribution in [3.8, 4) is 5.75 Å². The molecule has 0 bridgehead atoms. The molecule has 0 fully saturated rings. The van der Waals surface area contributed by atoms with Gasteiger partial charge in [-0.25, -0.2) is 12.7 Å². The highest BCUT2D eigenvalue weighted by Gasteiger charge is 2.30. The molecule has 0 heterocycles. The van der Waals surface area contributed by atoms with E-state index in [1.54, 1.807) is 49.4 Å². The lowest BCUT2D eigenvalue weighted by molar-refractivity contribution is -0.141. The minimum Gasteiger partial charge on any atom is -0.497 e. The summed E-state index contributed by atoms with van der Waals surface area (Å²) in [6.45, 7) is 0.373. The Morgan fingerprint density at radius 1 is 0.921 bits per heavy atom. The first-order valence-corrected chi connectivity index (χ1v) is 13.9. The van der Waals surface area contributed by atoms with E-state index in [1.807, 2.05) is 54.6 Å². The van der Waals surface area contributed by atoms with Gasteiger partial charge in [0.25, 0.3) is 0 Å². The van der Waals surface area contributed by atoms with Crippen LogP contribution in [0.2, 0.25) is 0 Å². The number of hydrogen-bond donors (Lipinski definition) is 1. The molecule has 0 aromatic heterocycles. The molecular formula is C29H35N3O5S. The molecule has 0 spiro atoms. The summed E-state index contributed by atoms with van der Waals surface area (Å²) in [6, 6.07) is 24.4. The first-order valence-electron chi connectivity index (χ1n) is 12.5. The minimum atomic E-state index is -3.66. The minimum absolute atomic E-state index is 0.0842. The summed E-state index contributed by atoms with van der Waals surface area (Å²) in [6.07, 6.45) is 0.737. The number of sulfonamides is 1. The molecule has 0 aliphatic heterocycles. The molecule has 1 atom stereocenters. The number of amides is 2. The molecule has 0 saturated carbocycles. The van der Waals surface area contributed by atoms with E-state index < -0.39 is 16.1 Å². The number of likely N-dealkylation sites (N-methyl/N-ethyl adjacent to an activating group) is 1. The van der Waals surface area contributed by atoms with Crippen molar-refractivity contribution >= 4 is 21.8 Å². The van der Waals surface area contributed by atoms with Gasteiger partial charge >= 0.3 is 0 Å². The lowest BCUT2D eigenvalue weighted by Gasteiger charge is -2.31. The molecule has 8 nitrogen and oxygen atoms in total. The molecule has 0 radical (unpaired) electrons. The molecule has 9 heteroatoms. The Kier molecular flexibility index (Phi) is 10.4. The van der Waals surface area contributed by atoms with E-state index in [4.69, 9.17) is 4.74 Å². The monoisotopic (exact) mass is 537 g/mol. The lowest BCUT2D eigenvalue weighted by atomic mass is 10.0. The van der Waals surface area contributed by atoms with Crippen LogP contribution in [-0.4, -0.2) is 63.2 Å². The summed E-state index contributed by atoms with van der Waals surface area (Å²) in [5.41, 5.74) is 1.75. The first-order chi connectivity index (χ1) is 18.3. The largest absolute Gasteiger partial charge is 0.497 e. The van der Waals surface area contributed by atoms with E-state index in [9.17, 15) is 18.0 Å². The van der Waals surface area contributed by atoms with E-state index in [0.717, 1.165) is 11.1 Å². The van der Waals surface area contributed by atoms with Crippen LogP contribution in [0, 0.1) is 0 Å². The number of rotatable bonds is 13. The van der Waals surface area contributed by atoms with Gasteiger partial charge in [-0.2, -0.15) is 0 Å². The summed E-state index contributed by atoms with van der Waals surface area (Å²) in [5, 5.41) is 2.70. The molecule has 3 aromatic rings. The van der Waals surface area contributed by atoms with E-state index in [-0.39, 0.29) is 36.2 Å². The SMILES string of the molecule is CNC(=O)C(Cc1ccccc1)N(Cc1cccc(OC)c1)C(=O)CCCN(C)S(=O)(=O)c1ccccc1. The highest BCUT2D eigenvalue weighted by molar-refractivity contribution is 7.89. The van der Waals surface area contributed by atoms with E-state index in [0.29, 0.717) is 18.6 Å². The first kappa shape index (κ1) is 28.9. The number of hydrogen-bond acceptors (Lipinski definition) is 5. The third kappa shape index (κ3) is 7.66. The lowest BCUT2D eigenvalue weighted by Crippen LogP contribution is -2.49. The van der Waals surface area contributed by atoms with Gasteiger partial charge in [0.05, 0.1) is 12.0 Å². The van der Waals surface area contributed by atoms with Gasteiger partial charge < -0.3 is 15.0 Å². The van der Waals surface area contributed by atoms with Crippen molar-refractivity contribution in [3.05, 3.63) is 96.1 Å². The van der Waals surface area contributed by atoms with Gasteiger partial charge in [0.2, 0.25) is 21.8 Å². The van der Waals surface area contributed by atoms with Crippen molar-refractivity contribution in [2.75, 3.05) is 27.7 Å². The average molecular weight is 538 g/mol. The second kappa shape index (κ2) is 13.7. The van der Waals surface area contributed by atoms with Gasteiger partial charge in [-0.05, 0) is 41.8 Å². The van der Waals surface area contributed by atoms with E-state index >= 15 is 0 Å². The number of carbonyl (C=O) groups excluding carboxylic acids is 2. The third-order valence-corrected chi connectivity index (χ3v) is 8.19. The number of ether oxygens (including phenoxy) is 1. The van der Waals surface area contributed by atoms with Crippen molar-refractivity contribution in [1.29, 1.82) is 0 Å². The van der Waals surface area contributed by atoms with Crippen LogP contribution in [0.5, 0.6) is 5.75 Å². The van der Waals surface area contributed by atoms with Crippen molar-refractivity contribution in [2.45, 2.75) is 36.7 Å². The molecule has 3 rings (SSSR count). The number of nitrogens with zero attached hydrogens (tertiary/aromatic N) is 2. The van der Waals surface area contributed by atoms with Gasteiger partial charge in [-0.1, -0.05) is 60.7 Å². The zero-order chi connectivity index (χ0) is 27.5. The molecule has 2 amide bonds. The number of benzene rings is 3. The van der Waals surface area contributed by atoms with Crippen molar-refractivity contribution in [3.63, 3.8) is 0 Å². The number of carbonyl (C=O) groups is 2. The standard InChI is InChI=1S/C29H35N3O5S/c1-30-29(34)27(21-23-12-6-4-7-13-23)32(22-24-14-10-15-25(20-24)37-3)28(33)18-11-19-31(2)38(35,36)26-16-8-5-9-17-26/h4-10,12-17,20,27H,11,18-19,21-22H2,1-3H3,(H,30,34). The fraction of sp³-hybridized carbons (Fsp3) is 0.310. The molecule has 0 aliphatic rings. The van der Waals surface area contributed by atoms with E-state index in [2.05, 4.69) is 5.32 Å². The summed E-state index contributed by atoms with van der Waals surface area (Å²) < 4.78 is 32.3. The zero-order valence-electron chi connectivity index (χ0n) is 22.0. The quantitative estimate of drug-likeness (QED) is 0.360. The van der Waals surface area contributed by atoms with Crippen molar-refractivity contribution in [1.82, 2.24) is 14.5 Å². The van der Waals surface area contributed by atoms with Gasteiger partial charge in [0, 0.05) is 40.0 Å². The smallest absolute Gasteiger partial charge is 0.242 e. The number of methoxy groups -OCH3 is 1. The molecule has 1 unspecified atom stereocenters. The van der Waals surface area contributed by atoms with Gasteiger partial charge in [0.1, 0.15) is 11.8 Å². The van der Waals surface area contributed by atoms with Crippen LogP contribution in [0.1, 0.15) is 24.0 Å². The fourth-order valence-corrected chi connectivity index (χ4v) is 5.41. The summed E-state index contributed by atoms with van der Waals surface area (Å²) in [5.74, 6) is 0.152. The van der Waals surface area contributed by atoms with Crippen LogP contribution >= 0.6 is 0 Å². The Bertz CT molecular complexity index is 1300. The second-order valence-corrected chi connectivity index (χ2v) is 11.0. The van der Waals surface area contributed by atoms with E-state index in [1.165, 1.54) is 11.4 Å². The van der Waals surface area contributed by atoms with Crippen LogP contribution in [0.25, 0.3) is 0 Å². The maximum absolute atomic E-state index is 13.6. The average Bonchev–Trinajstić information content (AvgIpc) is 2.95. The molecule has 202 valence electrons. The summed E-state index contributed by atoms with van der Waals surface area (Å²) in [4.78, 5) is 28.4. The second-order valence-electron chi connectivity index (χ2n) is 8.94. The molecule has 0 aliphatic carbocycles. The number of nitrogens with one attached hydrogen (secondary N) is 1. The zero-order valence-corrected chi connectivity index (χ0v) is 22.9. The molecule has 0 saturated heterocycles. The summed E-state index contributed by atoms with van der Waals surface area (Å²) >= 11 is 0. The maximum atomic E-state index is 13.6. The Balaban J connectivity index is 1.80. The van der Waals surface area contributed by atoms with Crippen LogP contribution in [0.4, 0.5) is 0 Å². The molecule has 38 heavy (non-hydrogen) atoms. The normalized spacial score (nSPS) is 12.1. The highest BCUT2D eigenvalue weighted by atomic mass is 32.2. The molecule has 1 N–H and O–H groups in total. The van der Waals surface area contributed by atoms with Gasteiger partial charge in [-0.15, -0.1) is 0 Å². The molecule has 3 aromatic carbocycles.